The first-order chi connectivity index (χ1) is 7.54. The summed E-state index contributed by atoms with van der Waals surface area (Å²) in [6.07, 6.45) is 7.53. The fourth-order valence-electron chi connectivity index (χ4n) is 2.48. The predicted octanol–water partition coefficient (Wildman–Crippen LogP) is 2.96. The lowest BCUT2D eigenvalue weighted by molar-refractivity contribution is 0.0784. The third-order valence-corrected chi connectivity index (χ3v) is 4.31. The molecule has 0 amide bonds. The number of hydrogen-bond donors (Lipinski definition) is 2. The van der Waals surface area contributed by atoms with Crippen molar-refractivity contribution in [1.82, 2.24) is 5.32 Å². The molecule has 1 saturated carbocycles. The molecule has 0 aromatic rings. The fourth-order valence-corrected chi connectivity index (χ4v) is 2.48. The van der Waals surface area contributed by atoms with Gasteiger partial charge >= 0.3 is 0 Å². The Balaban J connectivity index is 2.33. The highest BCUT2D eigenvalue weighted by Gasteiger charge is 2.31. The molecule has 16 heavy (non-hydrogen) atoms. The van der Waals surface area contributed by atoms with Gasteiger partial charge in [-0.15, -0.1) is 0 Å². The second-order valence-electron chi connectivity index (χ2n) is 6.34. The van der Waals surface area contributed by atoms with Crippen molar-refractivity contribution >= 4 is 0 Å². The van der Waals surface area contributed by atoms with Crippen LogP contribution in [0.3, 0.4) is 0 Å². The van der Waals surface area contributed by atoms with Crippen molar-refractivity contribution < 1.29 is 5.11 Å². The molecular formula is C14H29NO. The largest absolute Gasteiger partial charge is 0.396 e. The van der Waals surface area contributed by atoms with E-state index in [4.69, 9.17) is 0 Å². The maximum absolute atomic E-state index is 9.59. The number of hydrogen-bond acceptors (Lipinski definition) is 2. The number of nitrogens with one attached hydrogen (secondary N) is 1. The van der Waals surface area contributed by atoms with Crippen molar-refractivity contribution in [2.75, 3.05) is 19.7 Å². The topological polar surface area (TPSA) is 32.3 Å². The fraction of sp³-hybridized carbons (Fsp3) is 1.00. The molecule has 0 heterocycles. The van der Waals surface area contributed by atoms with Crippen molar-refractivity contribution in [3.63, 3.8) is 0 Å². The van der Waals surface area contributed by atoms with Gasteiger partial charge in [-0.1, -0.05) is 40.0 Å². The van der Waals surface area contributed by atoms with E-state index in [-0.39, 0.29) is 5.41 Å². The molecule has 0 atom stereocenters. The van der Waals surface area contributed by atoms with Gasteiger partial charge in [0.05, 0.1) is 0 Å². The van der Waals surface area contributed by atoms with Gasteiger partial charge in [-0.25, -0.2) is 0 Å². The Morgan fingerprint density at radius 3 is 2.31 bits per heavy atom. The molecule has 1 aliphatic carbocycles. The molecule has 0 radical (unpaired) electrons. The lowest BCUT2D eigenvalue weighted by Gasteiger charge is -2.37. The van der Waals surface area contributed by atoms with Crippen LogP contribution in [-0.4, -0.2) is 24.8 Å². The van der Waals surface area contributed by atoms with Crippen LogP contribution in [0.4, 0.5) is 0 Å². The van der Waals surface area contributed by atoms with Crippen LogP contribution in [-0.2, 0) is 0 Å². The van der Waals surface area contributed by atoms with E-state index in [1.165, 1.54) is 38.5 Å². The van der Waals surface area contributed by atoms with Crippen LogP contribution < -0.4 is 5.32 Å². The van der Waals surface area contributed by atoms with Crippen molar-refractivity contribution in [1.29, 1.82) is 0 Å². The molecule has 0 aromatic heterocycles. The Bertz CT molecular complexity index is 195. The molecule has 2 nitrogen and oxygen atoms in total. The van der Waals surface area contributed by atoms with E-state index in [2.05, 4.69) is 26.1 Å². The van der Waals surface area contributed by atoms with Crippen LogP contribution in [0.1, 0.15) is 59.3 Å². The van der Waals surface area contributed by atoms with Gasteiger partial charge in [0.2, 0.25) is 0 Å². The van der Waals surface area contributed by atoms with Gasteiger partial charge in [0.15, 0.2) is 0 Å². The predicted molar refractivity (Wildman–Crippen MR) is 69.5 cm³/mol. The van der Waals surface area contributed by atoms with Crippen LogP contribution in [0.25, 0.3) is 0 Å². The van der Waals surface area contributed by atoms with Gasteiger partial charge in [-0.2, -0.15) is 0 Å². The molecule has 0 aliphatic heterocycles. The van der Waals surface area contributed by atoms with Gasteiger partial charge in [0.25, 0.3) is 0 Å². The Morgan fingerprint density at radius 2 is 1.81 bits per heavy atom. The van der Waals surface area contributed by atoms with Crippen molar-refractivity contribution in [2.24, 2.45) is 10.8 Å². The zero-order valence-electron chi connectivity index (χ0n) is 11.3. The molecular weight excluding hydrogens is 198 g/mol. The summed E-state index contributed by atoms with van der Waals surface area (Å²) in [6.45, 7) is 9.24. The van der Waals surface area contributed by atoms with Gasteiger partial charge in [0, 0.05) is 25.1 Å². The molecule has 2 N–H and O–H groups in total. The molecule has 96 valence electrons. The molecule has 0 aromatic carbocycles. The molecule has 2 heteroatoms. The number of aliphatic hydroxyl groups excluding tert-OH is 1. The lowest BCUT2D eigenvalue weighted by Crippen LogP contribution is -2.42. The summed E-state index contributed by atoms with van der Waals surface area (Å²) < 4.78 is 0. The molecule has 1 rings (SSSR count). The third kappa shape index (κ3) is 4.06. The second kappa shape index (κ2) is 6.02. The zero-order valence-corrected chi connectivity index (χ0v) is 11.3. The highest BCUT2D eigenvalue weighted by atomic mass is 16.3. The summed E-state index contributed by atoms with van der Waals surface area (Å²) in [5.41, 5.74) is 0.563. The molecule has 1 aliphatic rings. The van der Waals surface area contributed by atoms with E-state index < -0.39 is 0 Å². The van der Waals surface area contributed by atoms with Crippen LogP contribution >= 0.6 is 0 Å². The smallest absolute Gasteiger partial charge is 0.0499 e. The van der Waals surface area contributed by atoms with Gasteiger partial charge in [0.1, 0.15) is 0 Å². The molecule has 0 unspecified atom stereocenters. The van der Waals surface area contributed by atoms with E-state index in [0.717, 1.165) is 13.1 Å². The van der Waals surface area contributed by atoms with Crippen molar-refractivity contribution in [3.05, 3.63) is 0 Å². The first kappa shape index (κ1) is 14.0. The van der Waals surface area contributed by atoms with Crippen molar-refractivity contribution in [2.45, 2.75) is 59.3 Å². The monoisotopic (exact) mass is 227 g/mol. The van der Waals surface area contributed by atoms with Crippen LogP contribution in [0, 0.1) is 10.8 Å². The Kier molecular flexibility index (Phi) is 5.26. The minimum absolute atomic E-state index is 0.183. The molecule has 0 saturated heterocycles. The summed E-state index contributed by atoms with van der Waals surface area (Å²) in [7, 11) is 0. The Morgan fingerprint density at radius 1 is 1.19 bits per heavy atom. The van der Waals surface area contributed by atoms with E-state index >= 15 is 0 Å². The maximum atomic E-state index is 9.59. The minimum Gasteiger partial charge on any atom is -0.396 e. The first-order valence-electron chi connectivity index (χ1n) is 6.85. The summed E-state index contributed by atoms with van der Waals surface area (Å²) in [6, 6.07) is 0. The average Bonchev–Trinajstić information content (AvgIpc) is 2.30. The zero-order chi connectivity index (χ0) is 12.1. The van der Waals surface area contributed by atoms with Crippen LogP contribution in [0.15, 0.2) is 0 Å². The SMILES string of the molecule is CCC(C)(C)CNCC1(CO)CCCCC1. The quantitative estimate of drug-likeness (QED) is 0.731. The summed E-state index contributed by atoms with van der Waals surface area (Å²) >= 11 is 0. The van der Waals surface area contributed by atoms with Gasteiger partial charge in [-0.05, 0) is 24.7 Å². The summed E-state index contributed by atoms with van der Waals surface area (Å²) in [4.78, 5) is 0. The van der Waals surface area contributed by atoms with E-state index in [0.29, 0.717) is 12.0 Å². The third-order valence-electron chi connectivity index (χ3n) is 4.31. The molecule has 0 bridgehead atoms. The summed E-state index contributed by atoms with van der Waals surface area (Å²) in [5, 5.41) is 13.2. The summed E-state index contributed by atoms with van der Waals surface area (Å²) in [5.74, 6) is 0. The van der Waals surface area contributed by atoms with E-state index in [1.54, 1.807) is 0 Å². The number of rotatable bonds is 6. The number of aliphatic hydroxyl groups is 1. The van der Waals surface area contributed by atoms with Gasteiger partial charge < -0.3 is 10.4 Å². The van der Waals surface area contributed by atoms with Gasteiger partial charge in [-0.3, -0.25) is 0 Å². The van der Waals surface area contributed by atoms with Crippen molar-refractivity contribution in [3.8, 4) is 0 Å². The average molecular weight is 227 g/mol. The molecule has 1 fully saturated rings. The minimum atomic E-state index is 0.183. The highest BCUT2D eigenvalue weighted by Crippen LogP contribution is 2.35. The normalized spacial score (nSPS) is 21.0. The van der Waals surface area contributed by atoms with E-state index in [9.17, 15) is 5.11 Å². The molecule has 0 spiro atoms. The second-order valence-corrected chi connectivity index (χ2v) is 6.34. The highest BCUT2D eigenvalue weighted by molar-refractivity contribution is 4.85. The van der Waals surface area contributed by atoms with Crippen LogP contribution in [0.2, 0.25) is 0 Å². The maximum Gasteiger partial charge on any atom is 0.0499 e. The lowest BCUT2D eigenvalue weighted by atomic mass is 9.74. The first-order valence-corrected chi connectivity index (χ1v) is 6.85. The van der Waals surface area contributed by atoms with Crippen LogP contribution in [0.5, 0.6) is 0 Å². The Hall–Kier alpha value is -0.0800. The van der Waals surface area contributed by atoms with E-state index in [1.807, 2.05) is 0 Å². The Labute approximate surface area is 101 Å². The standard InChI is InChI=1S/C14H29NO/c1-4-13(2,3)10-15-11-14(12-16)8-6-5-7-9-14/h15-16H,4-12H2,1-3H3.